The van der Waals surface area contributed by atoms with Crippen LogP contribution in [0.5, 0.6) is 0 Å². The molecule has 0 amide bonds. The Hall–Kier alpha value is -1.58. The molecule has 0 spiro atoms. The van der Waals surface area contributed by atoms with Crippen molar-refractivity contribution in [2.24, 2.45) is 5.92 Å². The van der Waals surface area contributed by atoms with Crippen LogP contribution >= 0.6 is 0 Å². The van der Waals surface area contributed by atoms with Gasteiger partial charge in [0.25, 0.3) is 0 Å². The summed E-state index contributed by atoms with van der Waals surface area (Å²) in [5.74, 6) is 0.337. The first-order valence-corrected chi connectivity index (χ1v) is 14.5. The van der Waals surface area contributed by atoms with Crippen LogP contribution in [-0.4, -0.2) is 24.6 Å². The number of carbonyl (C=O) groups is 2. The molecule has 0 saturated heterocycles. The van der Waals surface area contributed by atoms with Crippen molar-refractivity contribution in [3.05, 3.63) is 24.8 Å². The third kappa shape index (κ3) is 23.9. The Balaban J connectivity index is 0.000000801. The highest BCUT2D eigenvalue weighted by molar-refractivity contribution is 5.87. The van der Waals surface area contributed by atoms with Gasteiger partial charge in [-0.2, -0.15) is 0 Å². The molecule has 0 aromatic carbocycles. The normalized spacial score (nSPS) is 13.6. The lowest BCUT2D eigenvalue weighted by Crippen LogP contribution is -2.20. The third-order valence-electron chi connectivity index (χ3n) is 6.51. The first-order valence-electron chi connectivity index (χ1n) is 14.5. The Morgan fingerprint density at radius 3 is 1.69 bits per heavy atom. The zero-order chi connectivity index (χ0) is 26.2. The van der Waals surface area contributed by atoms with Crippen LogP contribution in [0, 0.1) is 5.92 Å². The number of carbonyl (C=O) groups excluding carboxylic acids is 2. The summed E-state index contributed by atoms with van der Waals surface area (Å²) in [4.78, 5) is 21.9. The van der Waals surface area contributed by atoms with E-state index in [1.165, 1.54) is 109 Å². The molecular formula is C31H56O4. The Morgan fingerprint density at radius 1 is 0.800 bits per heavy atom. The van der Waals surface area contributed by atoms with E-state index < -0.39 is 0 Å². The minimum absolute atomic E-state index is 0.156. The van der Waals surface area contributed by atoms with E-state index in [2.05, 4.69) is 27.0 Å². The van der Waals surface area contributed by atoms with E-state index in [4.69, 9.17) is 9.47 Å². The first-order chi connectivity index (χ1) is 16.9. The molecule has 1 rings (SSSR count). The second kappa shape index (κ2) is 24.1. The van der Waals surface area contributed by atoms with Crippen LogP contribution < -0.4 is 0 Å². The summed E-state index contributed by atoms with van der Waals surface area (Å²) in [6.07, 6.45) is 26.0. The molecule has 0 aromatic heterocycles. The van der Waals surface area contributed by atoms with Crippen molar-refractivity contribution in [3.63, 3.8) is 0 Å². The quantitative estimate of drug-likeness (QED) is 0.102. The highest BCUT2D eigenvalue weighted by Crippen LogP contribution is 2.21. The fourth-order valence-corrected chi connectivity index (χ4v) is 4.27. The molecule has 1 aliphatic rings. The second-order valence-corrected chi connectivity index (χ2v) is 10.6. The zero-order valence-electron chi connectivity index (χ0n) is 23.4. The lowest BCUT2D eigenvalue weighted by atomic mass is 9.98. The molecule has 1 aliphatic carbocycles. The molecule has 0 unspecified atom stereocenters. The van der Waals surface area contributed by atoms with E-state index in [-0.39, 0.29) is 18.0 Å². The topological polar surface area (TPSA) is 52.6 Å². The molecule has 35 heavy (non-hydrogen) atoms. The van der Waals surface area contributed by atoms with Gasteiger partial charge in [-0.15, -0.1) is 0 Å². The molecule has 0 bridgehead atoms. The number of esters is 2. The van der Waals surface area contributed by atoms with Crippen LogP contribution in [0.3, 0.4) is 0 Å². The minimum Gasteiger partial charge on any atom is -0.463 e. The van der Waals surface area contributed by atoms with Gasteiger partial charge >= 0.3 is 11.9 Å². The molecule has 0 radical (unpaired) electrons. The van der Waals surface area contributed by atoms with Crippen LogP contribution in [0.2, 0.25) is 0 Å². The summed E-state index contributed by atoms with van der Waals surface area (Å²) in [6.45, 7) is 13.8. The maximum Gasteiger partial charge on any atom is 0.333 e. The van der Waals surface area contributed by atoms with E-state index in [0.29, 0.717) is 12.2 Å². The SMILES string of the molecule is C=C(C)C(=O)OC1CCCCC1.C=CC(=O)OCCCCCCCCCCCCCCCC(C)C. The van der Waals surface area contributed by atoms with E-state index in [0.717, 1.165) is 25.2 Å². The van der Waals surface area contributed by atoms with Gasteiger partial charge in [0.1, 0.15) is 6.10 Å². The van der Waals surface area contributed by atoms with Crippen LogP contribution in [0.15, 0.2) is 24.8 Å². The molecule has 1 fully saturated rings. The smallest absolute Gasteiger partial charge is 0.333 e. The summed E-state index contributed by atoms with van der Waals surface area (Å²) in [6, 6.07) is 0. The lowest BCUT2D eigenvalue weighted by Gasteiger charge is -2.21. The fraction of sp³-hybridized carbons (Fsp3) is 0.806. The largest absolute Gasteiger partial charge is 0.463 e. The van der Waals surface area contributed by atoms with Crippen molar-refractivity contribution in [3.8, 4) is 0 Å². The molecule has 204 valence electrons. The van der Waals surface area contributed by atoms with Gasteiger partial charge in [-0.25, -0.2) is 9.59 Å². The monoisotopic (exact) mass is 492 g/mol. The summed E-state index contributed by atoms with van der Waals surface area (Å²) in [7, 11) is 0. The van der Waals surface area contributed by atoms with E-state index in [1.54, 1.807) is 6.92 Å². The van der Waals surface area contributed by atoms with Gasteiger partial charge in [0.05, 0.1) is 6.61 Å². The Morgan fingerprint density at radius 2 is 1.26 bits per heavy atom. The predicted molar refractivity (Wildman–Crippen MR) is 148 cm³/mol. The number of rotatable bonds is 19. The number of ether oxygens (including phenoxy) is 2. The van der Waals surface area contributed by atoms with Gasteiger partial charge in [-0.1, -0.05) is 117 Å². The number of hydrogen-bond donors (Lipinski definition) is 0. The predicted octanol–water partition coefficient (Wildman–Crippen LogP) is 9.27. The Labute approximate surface area is 217 Å². The van der Waals surface area contributed by atoms with E-state index in [9.17, 15) is 9.59 Å². The average Bonchev–Trinajstić information content (AvgIpc) is 2.84. The number of unbranched alkanes of at least 4 members (excludes halogenated alkanes) is 12. The molecular weight excluding hydrogens is 436 g/mol. The maximum atomic E-state index is 11.1. The molecule has 1 saturated carbocycles. The highest BCUT2D eigenvalue weighted by atomic mass is 16.5. The van der Waals surface area contributed by atoms with Crippen molar-refractivity contribution in [2.75, 3.05) is 6.61 Å². The van der Waals surface area contributed by atoms with Gasteiger partial charge in [-0.3, -0.25) is 0 Å². The second-order valence-electron chi connectivity index (χ2n) is 10.6. The van der Waals surface area contributed by atoms with Crippen molar-refractivity contribution in [1.82, 2.24) is 0 Å². The van der Waals surface area contributed by atoms with Crippen molar-refractivity contribution < 1.29 is 19.1 Å². The first kappa shape index (κ1) is 33.4. The van der Waals surface area contributed by atoms with Gasteiger partial charge in [0.15, 0.2) is 0 Å². The lowest BCUT2D eigenvalue weighted by molar-refractivity contribution is -0.145. The summed E-state index contributed by atoms with van der Waals surface area (Å²) in [5, 5.41) is 0. The average molecular weight is 493 g/mol. The van der Waals surface area contributed by atoms with Crippen molar-refractivity contribution >= 4 is 11.9 Å². The standard InChI is InChI=1S/C21H40O2.C10H16O2/c1-4-21(22)23-19-17-15-13-11-9-7-5-6-8-10-12-14-16-18-20(2)3;1-8(2)10(11)12-9-6-4-3-5-7-9/h4,20H,1,5-19H2,2-3H3;9H,1,3-7H2,2H3. The molecule has 4 nitrogen and oxygen atoms in total. The maximum absolute atomic E-state index is 11.1. The molecule has 0 N–H and O–H groups in total. The molecule has 4 heteroatoms. The molecule has 0 aromatic rings. The van der Waals surface area contributed by atoms with E-state index in [1.807, 2.05) is 0 Å². The summed E-state index contributed by atoms with van der Waals surface area (Å²) in [5.41, 5.74) is 0.501. The van der Waals surface area contributed by atoms with Crippen molar-refractivity contribution in [2.45, 2.75) is 149 Å². The van der Waals surface area contributed by atoms with Gasteiger partial charge in [0, 0.05) is 11.6 Å². The zero-order valence-corrected chi connectivity index (χ0v) is 23.4. The Kier molecular flexibility index (Phi) is 23.0. The van der Waals surface area contributed by atoms with Gasteiger partial charge in [-0.05, 0) is 44.9 Å². The van der Waals surface area contributed by atoms with Gasteiger partial charge < -0.3 is 9.47 Å². The molecule has 0 atom stereocenters. The third-order valence-corrected chi connectivity index (χ3v) is 6.51. The summed E-state index contributed by atoms with van der Waals surface area (Å²) < 4.78 is 10.2. The number of hydrogen-bond acceptors (Lipinski definition) is 4. The van der Waals surface area contributed by atoms with Crippen LogP contribution in [0.1, 0.15) is 143 Å². The van der Waals surface area contributed by atoms with Gasteiger partial charge in [0.2, 0.25) is 0 Å². The van der Waals surface area contributed by atoms with Crippen LogP contribution in [0.4, 0.5) is 0 Å². The van der Waals surface area contributed by atoms with E-state index >= 15 is 0 Å². The molecule has 0 aliphatic heterocycles. The Bertz CT molecular complexity index is 546. The molecule has 0 heterocycles. The summed E-state index contributed by atoms with van der Waals surface area (Å²) >= 11 is 0. The highest BCUT2D eigenvalue weighted by Gasteiger charge is 2.17. The van der Waals surface area contributed by atoms with Crippen LogP contribution in [-0.2, 0) is 19.1 Å². The van der Waals surface area contributed by atoms with Crippen LogP contribution in [0.25, 0.3) is 0 Å². The minimum atomic E-state index is -0.301. The van der Waals surface area contributed by atoms with Crippen molar-refractivity contribution in [1.29, 1.82) is 0 Å². The fourth-order valence-electron chi connectivity index (χ4n) is 4.27.